The van der Waals surface area contributed by atoms with Crippen LogP contribution in [-0.2, 0) is 21.7 Å². The summed E-state index contributed by atoms with van der Waals surface area (Å²) in [6, 6.07) is 37.4. The van der Waals surface area contributed by atoms with Gasteiger partial charge in [-0.1, -0.05) is 140 Å². The van der Waals surface area contributed by atoms with Gasteiger partial charge in [0.2, 0.25) is 0 Å². The lowest BCUT2D eigenvalue weighted by atomic mass is 9.71. The second-order valence-electron chi connectivity index (χ2n) is 16.7. The smallest absolute Gasteiger partial charge is 0.0546 e. The first kappa shape index (κ1) is 32.9. The Morgan fingerprint density at radius 1 is 0.562 bits per heavy atom. The summed E-state index contributed by atoms with van der Waals surface area (Å²) in [5.74, 6) is 0. The second kappa shape index (κ2) is 11.2. The minimum absolute atomic E-state index is 0.0185. The summed E-state index contributed by atoms with van der Waals surface area (Å²) >= 11 is 3.73. The third kappa shape index (κ3) is 4.93. The van der Waals surface area contributed by atoms with Gasteiger partial charge in [0, 0.05) is 32.2 Å². The highest BCUT2D eigenvalue weighted by molar-refractivity contribution is 9.10. The van der Waals surface area contributed by atoms with Crippen LogP contribution >= 0.6 is 15.9 Å². The van der Waals surface area contributed by atoms with Gasteiger partial charge in [-0.2, -0.15) is 0 Å². The molecule has 0 aliphatic heterocycles. The summed E-state index contributed by atoms with van der Waals surface area (Å²) in [5.41, 5.74) is 17.6. The highest BCUT2D eigenvalue weighted by Gasteiger charge is 2.44. The number of hydrogen-bond acceptors (Lipinski definition) is 1. The lowest BCUT2D eigenvalue weighted by Crippen LogP contribution is -2.25. The van der Waals surface area contributed by atoms with E-state index in [1.165, 1.54) is 67.0 Å². The zero-order chi connectivity index (χ0) is 34.4. The first-order valence-corrected chi connectivity index (χ1v) is 18.6. The van der Waals surface area contributed by atoms with Crippen LogP contribution < -0.4 is 4.90 Å². The fourth-order valence-corrected chi connectivity index (χ4v) is 8.79. The maximum absolute atomic E-state index is 3.73. The van der Waals surface area contributed by atoms with Crippen LogP contribution in [0.1, 0.15) is 115 Å². The molecule has 0 spiro atoms. The van der Waals surface area contributed by atoms with Gasteiger partial charge in [0.1, 0.15) is 0 Å². The Morgan fingerprint density at radius 3 is 1.79 bits per heavy atom. The highest BCUT2D eigenvalue weighted by atomic mass is 79.9. The number of fused-ring (bicyclic) bond motifs is 6. The van der Waals surface area contributed by atoms with Gasteiger partial charge in [0.05, 0.1) is 5.69 Å². The number of anilines is 3. The molecule has 246 valence electrons. The molecule has 48 heavy (non-hydrogen) atoms. The van der Waals surface area contributed by atoms with E-state index in [2.05, 4.69) is 187 Å². The number of hydrogen-bond donors (Lipinski definition) is 0. The van der Waals surface area contributed by atoms with Crippen molar-refractivity contribution >= 4 is 33.0 Å². The lowest BCUT2D eigenvalue weighted by molar-refractivity contribution is 0.485. The zero-order valence-electron chi connectivity index (χ0n) is 30.5. The van der Waals surface area contributed by atoms with Crippen molar-refractivity contribution in [2.45, 2.75) is 104 Å². The summed E-state index contributed by atoms with van der Waals surface area (Å²) in [4.78, 5) is 2.54. The van der Waals surface area contributed by atoms with Crippen LogP contribution in [0.2, 0.25) is 0 Å². The molecule has 0 bridgehead atoms. The Hall–Kier alpha value is -3.62. The molecule has 0 aromatic heterocycles. The van der Waals surface area contributed by atoms with Crippen molar-refractivity contribution in [1.29, 1.82) is 0 Å². The van der Waals surface area contributed by atoms with Crippen LogP contribution in [0.15, 0.2) is 102 Å². The molecule has 5 aromatic rings. The van der Waals surface area contributed by atoms with Crippen molar-refractivity contribution in [3.8, 4) is 22.3 Å². The summed E-state index contributed by atoms with van der Waals surface area (Å²) in [6.45, 7) is 23.6. The predicted octanol–water partition coefficient (Wildman–Crippen LogP) is 13.9. The van der Waals surface area contributed by atoms with Gasteiger partial charge in [-0.15, -0.1) is 0 Å². The molecule has 0 unspecified atom stereocenters. The van der Waals surface area contributed by atoms with Gasteiger partial charge >= 0.3 is 0 Å². The Morgan fingerprint density at radius 2 is 1.15 bits per heavy atom. The van der Waals surface area contributed by atoms with E-state index in [4.69, 9.17) is 0 Å². The van der Waals surface area contributed by atoms with Gasteiger partial charge in [0.25, 0.3) is 0 Å². The van der Waals surface area contributed by atoms with Crippen LogP contribution in [0.3, 0.4) is 0 Å². The van der Waals surface area contributed by atoms with Crippen molar-refractivity contribution < 1.29 is 0 Å². The largest absolute Gasteiger partial charge is 0.310 e. The average Bonchev–Trinajstić information content (AvgIpc) is 3.46. The van der Waals surface area contributed by atoms with Crippen LogP contribution in [0.25, 0.3) is 22.3 Å². The van der Waals surface area contributed by atoms with E-state index in [-0.39, 0.29) is 21.7 Å². The van der Waals surface area contributed by atoms with Gasteiger partial charge in [-0.25, -0.2) is 0 Å². The molecule has 0 fully saturated rings. The second-order valence-corrected chi connectivity index (χ2v) is 17.6. The van der Waals surface area contributed by atoms with E-state index in [1.54, 1.807) is 0 Å². The molecule has 0 heterocycles. The standard InChI is InChI=1S/C46H50BrN/c1-11-46(12-2)39-25-29(43(3,4)5)17-23-36(39)42-40(46)26-30(44(6,7)8)27-41(42)48(32-20-18-31(47)19-21-32)33-22-24-35-34-15-13-14-16-37(34)45(9,10)38(35)28-33/h13-28H,11-12H2,1-10H3. The summed E-state index contributed by atoms with van der Waals surface area (Å²) in [7, 11) is 0. The number of benzene rings is 5. The zero-order valence-corrected chi connectivity index (χ0v) is 32.1. The fraction of sp³-hybridized carbons (Fsp3) is 0.348. The van der Waals surface area contributed by atoms with Crippen molar-refractivity contribution in [3.05, 3.63) is 135 Å². The molecule has 2 aliphatic rings. The summed E-state index contributed by atoms with van der Waals surface area (Å²) < 4.78 is 1.08. The van der Waals surface area contributed by atoms with E-state index in [9.17, 15) is 0 Å². The summed E-state index contributed by atoms with van der Waals surface area (Å²) in [5, 5.41) is 0. The molecular weight excluding hydrogens is 646 g/mol. The molecule has 2 heteroatoms. The molecular formula is C46H50BrN. The fourth-order valence-electron chi connectivity index (χ4n) is 8.53. The molecule has 0 radical (unpaired) electrons. The molecule has 0 N–H and O–H groups in total. The van der Waals surface area contributed by atoms with E-state index < -0.39 is 0 Å². The molecule has 0 saturated heterocycles. The van der Waals surface area contributed by atoms with Crippen molar-refractivity contribution in [3.63, 3.8) is 0 Å². The number of halogens is 1. The number of nitrogens with zero attached hydrogens (tertiary/aromatic N) is 1. The Kier molecular flexibility index (Phi) is 7.68. The van der Waals surface area contributed by atoms with Crippen LogP contribution in [0.5, 0.6) is 0 Å². The Bertz CT molecular complexity index is 2040. The third-order valence-electron chi connectivity index (χ3n) is 11.5. The summed E-state index contributed by atoms with van der Waals surface area (Å²) in [6.07, 6.45) is 2.13. The number of rotatable bonds is 5. The van der Waals surface area contributed by atoms with Gasteiger partial charge in [-0.05, 0) is 116 Å². The highest BCUT2D eigenvalue weighted by Crippen LogP contribution is 2.59. The van der Waals surface area contributed by atoms with E-state index >= 15 is 0 Å². The lowest BCUT2D eigenvalue weighted by Gasteiger charge is -2.34. The average molecular weight is 697 g/mol. The van der Waals surface area contributed by atoms with Crippen molar-refractivity contribution in [2.24, 2.45) is 0 Å². The maximum atomic E-state index is 3.73. The Labute approximate surface area is 297 Å². The Balaban J connectivity index is 1.57. The first-order valence-electron chi connectivity index (χ1n) is 17.8. The molecule has 5 aromatic carbocycles. The van der Waals surface area contributed by atoms with E-state index in [1.807, 2.05) is 0 Å². The molecule has 0 saturated carbocycles. The van der Waals surface area contributed by atoms with Gasteiger partial charge < -0.3 is 4.90 Å². The molecule has 0 atom stereocenters. The molecule has 7 rings (SSSR count). The monoisotopic (exact) mass is 695 g/mol. The van der Waals surface area contributed by atoms with E-state index in [0.717, 1.165) is 23.0 Å². The van der Waals surface area contributed by atoms with Crippen LogP contribution in [-0.4, -0.2) is 0 Å². The molecule has 0 amide bonds. The SMILES string of the molecule is CCC1(CC)c2cc(C(C)(C)C)ccc2-c2c(N(c3ccc(Br)cc3)c3ccc4c(c3)C(C)(C)c3ccccc3-4)cc(C(C)(C)C)cc21. The van der Waals surface area contributed by atoms with Crippen LogP contribution in [0.4, 0.5) is 17.1 Å². The molecule has 2 aliphatic carbocycles. The minimum atomic E-state index is -0.0853. The first-order chi connectivity index (χ1) is 22.6. The minimum Gasteiger partial charge on any atom is -0.310 e. The van der Waals surface area contributed by atoms with Crippen molar-refractivity contribution in [2.75, 3.05) is 4.90 Å². The van der Waals surface area contributed by atoms with Crippen molar-refractivity contribution in [1.82, 2.24) is 0 Å². The van der Waals surface area contributed by atoms with Crippen LogP contribution in [0, 0.1) is 0 Å². The predicted molar refractivity (Wildman–Crippen MR) is 211 cm³/mol. The van der Waals surface area contributed by atoms with E-state index in [0.29, 0.717) is 0 Å². The van der Waals surface area contributed by atoms with Gasteiger partial charge in [0.15, 0.2) is 0 Å². The maximum Gasteiger partial charge on any atom is 0.0546 e. The topological polar surface area (TPSA) is 3.24 Å². The quantitative estimate of drug-likeness (QED) is 0.177. The van der Waals surface area contributed by atoms with Gasteiger partial charge in [-0.3, -0.25) is 0 Å². The molecule has 1 nitrogen and oxygen atoms in total. The normalized spacial score (nSPS) is 15.5. The third-order valence-corrected chi connectivity index (χ3v) is 12.1.